The van der Waals surface area contributed by atoms with E-state index in [1.54, 1.807) is 6.92 Å². The first-order chi connectivity index (χ1) is 12.2. The van der Waals surface area contributed by atoms with E-state index in [-0.39, 0.29) is 41.5 Å². The molecule has 0 saturated heterocycles. The molecule has 0 spiro atoms. The number of non-ortho nitro benzene ring substituents is 1. The number of hydrogen-bond acceptors (Lipinski definition) is 7. The summed E-state index contributed by atoms with van der Waals surface area (Å²) in [6, 6.07) is 3.85. The highest BCUT2D eigenvalue weighted by atomic mass is 16.6. The van der Waals surface area contributed by atoms with Gasteiger partial charge >= 0.3 is 5.69 Å². The molecule has 2 aromatic rings. The van der Waals surface area contributed by atoms with Gasteiger partial charge in [-0.3, -0.25) is 29.7 Å². The molecule has 1 aromatic heterocycles. The average molecular weight is 363 g/mol. The van der Waals surface area contributed by atoms with Crippen LogP contribution in [0.2, 0.25) is 0 Å². The SMILES string of the molecule is COc1ccc([N+](=O)[O-])cc1NC(=O)CCn1nc(C)c([N+](=O)[O-])c1C. The quantitative estimate of drug-likeness (QED) is 0.587. The van der Waals surface area contributed by atoms with Crippen LogP contribution in [0.5, 0.6) is 5.75 Å². The average Bonchev–Trinajstić information content (AvgIpc) is 2.86. The van der Waals surface area contributed by atoms with Crippen LogP contribution in [0.1, 0.15) is 17.8 Å². The normalized spacial score (nSPS) is 10.4. The molecule has 1 aromatic carbocycles. The van der Waals surface area contributed by atoms with Gasteiger partial charge in [0.2, 0.25) is 5.91 Å². The lowest BCUT2D eigenvalue weighted by Crippen LogP contribution is -2.16. The van der Waals surface area contributed by atoms with Gasteiger partial charge in [0.15, 0.2) is 0 Å². The van der Waals surface area contributed by atoms with Crippen molar-refractivity contribution in [1.82, 2.24) is 9.78 Å². The predicted octanol–water partition coefficient (Wildman–Crippen LogP) is 2.35. The molecule has 26 heavy (non-hydrogen) atoms. The van der Waals surface area contributed by atoms with Crippen LogP contribution in [-0.4, -0.2) is 32.6 Å². The number of aromatic nitrogens is 2. The van der Waals surface area contributed by atoms with Gasteiger partial charge in [-0.15, -0.1) is 0 Å². The van der Waals surface area contributed by atoms with Crippen LogP contribution in [0.25, 0.3) is 0 Å². The van der Waals surface area contributed by atoms with Gasteiger partial charge in [0.1, 0.15) is 17.1 Å². The zero-order valence-corrected chi connectivity index (χ0v) is 14.4. The first kappa shape index (κ1) is 18.8. The second kappa shape index (κ2) is 7.59. The van der Waals surface area contributed by atoms with Crippen LogP contribution < -0.4 is 10.1 Å². The monoisotopic (exact) mass is 363 g/mol. The van der Waals surface area contributed by atoms with Crippen molar-refractivity contribution in [2.75, 3.05) is 12.4 Å². The Labute approximate surface area is 147 Å². The fraction of sp³-hybridized carbons (Fsp3) is 0.333. The van der Waals surface area contributed by atoms with Crippen molar-refractivity contribution in [2.45, 2.75) is 26.8 Å². The number of aryl methyl sites for hydroxylation is 2. The number of carbonyl (C=O) groups excluding carboxylic acids is 1. The van der Waals surface area contributed by atoms with Crippen molar-refractivity contribution in [1.29, 1.82) is 0 Å². The Morgan fingerprint density at radius 2 is 1.96 bits per heavy atom. The number of ether oxygens (including phenoxy) is 1. The number of nitro groups is 2. The number of nitrogens with zero attached hydrogens (tertiary/aromatic N) is 4. The van der Waals surface area contributed by atoms with Crippen molar-refractivity contribution in [3.05, 3.63) is 49.8 Å². The Balaban J connectivity index is 2.10. The molecule has 2 rings (SSSR count). The van der Waals surface area contributed by atoms with E-state index in [1.807, 2.05) is 0 Å². The smallest absolute Gasteiger partial charge is 0.312 e. The molecular weight excluding hydrogens is 346 g/mol. The van der Waals surface area contributed by atoms with E-state index < -0.39 is 15.8 Å². The summed E-state index contributed by atoms with van der Waals surface area (Å²) in [5, 5.41) is 28.5. The van der Waals surface area contributed by atoms with Gasteiger partial charge in [-0.1, -0.05) is 0 Å². The van der Waals surface area contributed by atoms with Gasteiger partial charge in [-0.2, -0.15) is 5.10 Å². The molecule has 0 aliphatic rings. The Morgan fingerprint density at radius 1 is 1.27 bits per heavy atom. The first-order valence-electron chi connectivity index (χ1n) is 7.55. The molecule has 0 saturated carbocycles. The zero-order valence-electron chi connectivity index (χ0n) is 14.4. The molecule has 138 valence electrons. The number of anilines is 1. The molecule has 0 unspecified atom stereocenters. The predicted molar refractivity (Wildman–Crippen MR) is 91.3 cm³/mol. The van der Waals surface area contributed by atoms with Crippen LogP contribution in [0.15, 0.2) is 18.2 Å². The van der Waals surface area contributed by atoms with Crippen molar-refractivity contribution >= 4 is 23.0 Å². The van der Waals surface area contributed by atoms with E-state index in [0.717, 1.165) is 0 Å². The van der Waals surface area contributed by atoms with E-state index in [4.69, 9.17) is 4.74 Å². The van der Waals surface area contributed by atoms with E-state index in [2.05, 4.69) is 10.4 Å². The molecule has 1 amide bonds. The third kappa shape index (κ3) is 3.94. The van der Waals surface area contributed by atoms with E-state index in [0.29, 0.717) is 5.69 Å². The van der Waals surface area contributed by atoms with E-state index in [9.17, 15) is 25.0 Å². The highest BCUT2D eigenvalue weighted by Crippen LogP contribution is 2.29. The number of amides is 1. The van der Waals surface area contributed by atoms with E-state index in [1.165, 1.54) is 36.9 Å². The zero-order chi connectivity index (χ0) is 19.4. The number of methoxy groups -OCH3 is 1. The summed E-state index contributed by atoms with van der Waals surface area (Å²) in [5.74, 6) is -0.148. The minimum Gasteiger partial charge on any atom is -0.495 e. The van der Waals surface area contributed by atoms with Crippen molar-refractivity contribution in [3.8, 4) is 5.75 Å². The van der Waals surface area contributed by atoms with Gasteiger partial charge in [0.05, 0.1) is 29.2 Å². The maximum absolute atomic E-state index is 12.2. The number of benzene rings is 1. The first-order valence-corrected chi connectivity index (χ1v) is 7.55. The molecule has 0 aliphatic carbocycles. The highest BCUT2D eigenvalue weighted by molar-refractivity contribution is 5.92. The number of nitrogens with one attached hydrogen (secondary N) is 1. The van der Waals surface area contributed by atoms with Crippen LogP contribution in [0.3, 0.4) is 0 Å². The molecule has 0 aliphatic heterocycles. The van der Waals surface area contributed by atoms with Crippen LogP contribution in [0.4, 0.5) is 17.1 Å². The Bertz CT molecular complexity index is 876. The Morgan fingerprint density at radius 3 is 2.50 bits per heavy atom. The second-order valence-corrected chi connectivity index (χ2v) is 5.44. The fourth-order valence-corrected chi connectivity index (χ4v) is 2.50. The molecule has 1 heterocycles. The Kier molecular flexibility index (Phi) is 5.50. The lowest BCUT2D eigenvalue weighted by atomic mass is 10.2. The summed E-state index contributed by atoms with van der Waals surface area (Å²) in [4.78, 5) is 32.9. The molecule has 0 bridgehead atoms. The van der Waals surface area contributed by atoms with Gasteiger partial charge in [0, 0.05) is 18.6 Å². The minimum absolute atomic E-state index is 0.0229. The Hall–Kier alpha value is -3.50. The topological polar surface area (TPSA) is 142 Å². The van der Waals surface area contributed by atoms with Gasteiger partial charge < -0.3 is 10.1 Å². The number of rotatable bonds is 7. The fourth-order valence-electron chi connectivity index (χ4n) is 2.50. The van der Waals surface area contributed by atoms with Gasteiger partial charge in [-0.05, 0) is 19.9 Å². The molecule has 0 atom stereocenters. The highest BCUT2D eigenvalue weighted by Gasteiger charge is 2.22. The number of hydrogen-bond donors (Lipinski definition) is 1. The lowest BCUT2D eigenvalue weighted by Gasteiger charge is -2.10. The van der Waals surface area contributed by atoms with E-state index >= 15 is 0 Å². The van der Waals surface area contributed by atoms with Crippen molar-refractivity contribution < 1.29 is 19.4 Å². The van der Waals surface area contributed by atoms with Crippen molar-refractivity contribution in [2.24, 2.45) is 0 Å². The second-order valence-electron chi connectivity index (χ2n) is 5.44. The van der Waals surface area contributed by atoms with Crippen molar-refractivity contribution in [3.63, 3.8) is 0 Å². The molecular formula is C15H17N5O6. The maximum Gasteiger partial charge on any atom is 0.312 e. The van der Waals surface area contributed by atoms with Gasteiger partial charge in [-0.25, -0.2) is 0 Å². The summed E-state index contributed by atoms with van der Waals surface area (Å²) in [7, 11) is 1.38. The third-order valence-electron chi connectivity index (χ3n) is 3.74. The maximum atomic E-state index is 12.2. The van der Waals surface area contributed by atoms with Gasteiger partial charge in [0.25, 0.3) is 5.69 Å². The molecule has 1 N–H and O–H groups in total. The molecule has 11 nitrogen and oxygen atoms in total. The summed E-state index contributed by atoms with van der Waals surface area (Å²) in [5.41, 5.74) is 0.536. The van der Waals surface area contributed by atoms with Crippen LogP contribution in [0, 0.1) is 34.1 Å². The summed E-state index contributed by atoms with van der Waals surface area (Å²) >= 11 is 0. The van der Waals surface area contributed by atoms with Crippen LogP contribution in [-0.2, 0) is 11.3 Å². The standard InChI is InChI=1S/C15H17N5O6/c1-9-15(20(24)25)10(2)18(17-9)7-6-14(21)16-12-8-11(19(22)23)4-5-13(12)26-3/h4-5,8H,6-7H2,1-3H3,(H,16,21). The third-order valence-corrected chi connectivity index (χ3v) is 3.74. The summed E-state index contributed by atoms with van der Waals surface area (Å²) in [6.07, 6.45) is -0.0229. The largest absolute Gasteiger partial charge is 0.495 e. The number of nitro benzene ring substituents is 1. The van der Waals surface area contributed by atoms with Crippen LogP contribution >= 0.6 is 0 Å². The minimum atomic E-state index is -0.579. The summed E-state index contributed by atoms with van der Waals surface area (Å²) in [6.45, 7) is 3.21. The molecule has 0 fully saturated rings. The molecule has 0 radical (unpaired) electrons. The summed E-state index contributed by atoms with van der Waals surface area (Å²) < 4.78 is 6.47. The molecule has 11 heteroatoms. The number of carbonyl (C=O) groups is 1. The lowest BCUT2D eigenvalue weighted by molar-refractivity contribution is -0.386.